The lowest BCUT2D eigenvalue weighted by molar-refractivity contribution is -0.150. The van der Waals surface area contributed by atoms with E-state index in [1.807, 2.05) is 12.1 Å². The summed E-state index contributed by atoms with van der Waals surface area (Å²) >= 11 is 12.6. The second-order valence-corrected chi connectivity index (χ2v) is 8.22. The molecular formula is C24H20Cl2N2O5. The number of benzene rings is 3. The van der Waals surface area contributed by atoms with Crippen molar-refractivity contribution in [1.82, 2.24) is 0 Å². The third-order valence-corrected chi connectivity index (χ3v) is 5.80. The number of rotatable bonds is 5. The Balaban J connectivity index is 1.53. The molecule has 4 rings (SSSR count). The van der Waals surface area contributed by atoms with Crippen LogP contribution in [0.2, 0.25) is 10.0 Å². The molecule has 1 aliphatic rings. The molecule has 0 fully saturated rings. The minimum atomic E-state index is -1.04. The van der Waals surface area contributed by atoms with Gasteiger partial charge in [-0.2, -0.15) is 0 Å². The predicted octanol–water partition coefficient (Wildman–Crippen LogP) is 5.17. The van der Waals surface area contributed by atoms with E-state index < -0.39 is 11.9 Å². The highest BCUT2D eigenvalue weighted by atomic mass is 35.5. The number of aromatic hydroxyl groups is 1. The van der Waals surface area contributed by atoms with E-state index in [9.17, 15) is 14.7 Å². The van der Waals surface area contributed by atoms with E-state index in [4.69, 9.17) is 27.9 Å². The van der Waals surface area contributed by atoms with Crippen LogP contribution in [0, 0.1) is 0 Å². The number of ether oxygens (including phenoxy) is 2. The van der Waals surface area contributed by atoms with Gasteiger partial charge in [0.05, 0.1) is 17.2 Å². The van der Waals surface area contributed by atoms with E-state index in [1.165, 1.54) is 17.7 Å². The van der Waals surface area contributed by atoms with Gasteiger partial charge in [0.25, 0.3) is 0 Å². The first kappa shape index (κ1) is 22.8. The van der Waals surface area contributed by atoms with Crippen molar-refractivity contribution >= 4 is 46.5 Å². The molecule has 0 saturated heterocycles. The van der Waals surface area contributed by atoms with E-state index in [-0.39, 0.29) is 27.2 Å². The molecule has 0 saturated carbocycles. The summed E-state index contributed by atoms with van der Waals surface area (Å²) in [4.78, 5) is 25.2. The zero-order valence-electron chi connectivity index (χ0n) is 17.6. The van der Waals surface area contributed by atoms with Crippen LogP contribution in [-0.2, 0) is 27.3 Å². The van der Waals surface area contributed by atoms with Gasteiger partial charge in [-0.25, -0.2) is 4.79 Å². The Morgan fingerprint density at radius 2 is 1.82 bits per heavy atom. The lowest BCUT2D eigenvalue weighted by atomic mass is 10.1. The van der Waals surface area contributed by atoms with Crippen molar-refractivity contribution in [3.05, 3.63) is 75.8 Å². The number of halogens is 2. The number of anilines is 2. The molecule has 2 N–H and O–H groups in total. The summed E-state index contributed by atoms with van der Waals surface area (Å²) in [6.07, 6.45) is 0.956. The number of para-hydroxylation sites is 1. The summed E-state index contributed by atoms with van der Waals surface area (Å²) in [6, 6.07) is 15.9. The Morgan fingerprint density at radius 1 is 1.09 bits per heavy atom. The first-order valence-electron chi connectivity index (χ1n) is 10.1. The van der Waals surface area contributed by atoms with E-state index in [0.29, 0.717) is 17.9 Å². The Labute approximate surface area is 200 Å². The van der Waals surface area contributed by atoms with Crippen molar-refractivity contribution in [1.29, 1.82) is 0 Å². The second kappa shape index (κ2) is 9.60. The minimum absolute atomic E-state index is 0.130. The number of hydrogen-bond acceptors (Lipinski definition) is 6. The fourth-order valence-electron chi connectivity index (χ4n) is 3.65. The van der Waals surface area contributed by atoms with E-state index in [1.54, 1.807) is 18.2 Å². The van der Waals surface area contributed by atoms with Gasteiger partial charge in [0.15, 0.2) is 5.75 Å². The molecule has 3 aromatic carbocycles. The summed E-state index contributed by atoms with van der Waals surface area (Å²) in [5.74, 6) is -1.22. The van der Waals surface area contributed by atoms with E-state index in [0.717, 1.165) is 25.8 Å². The Kier molecular flexibility index (Phi) is 6.62. The largest absolute Gasteiger partial charge is 0.508 e. The SMILES string of the molecule is COC(=O)C(=O)Nc1cc(Cl)c(Oc2ccc(O)c(CN3CCc4ccccc43)c2)c(Cl)c1. The molecule has 170 valence electrons. The summed E-state index contributed by atoms with van der Waals surface area (Å²) in [5.41, 5.74) is 3.34. The molecule has 3 aromatic rings. The lowest BCUT2D eigenvalue weighted by Crippen LogP contribution is -2.23. The van der Waals surface area contributed by atoms with Crippen molar-refractivity contribution < 1.29 is 24.2 Å². The molecule has 7 nitrogen and oxygen atoms in total. The molecular weight excluding hydrogens is 467 g/mol. The summed E-state index contributed by atoms with van der Waals surface area (Å²) in [5, 5.41) is 13.0. The number of carbonyl (C=O) groups excluding carboxylic acids is 2. The number of phenolic OH excluding ortho intramolecular Hbond substituents is 1. The maximum Gasteiger partial charge on any atom is 0.396 e. The molecule has 0 aliphatic carbocycles. The average Bonchev–Trinajstić information content (AvgIpc) is 3.20. The van der Waals surface area contributed by atoms with Gasteiger partial charge in [-0.3, -0.25) is 4.79 Å². The summed E-state index contributed by atoms with van der Waals surface area (Å²) in [6.45, 7) is 1.38. The lowest BCUT2D eigenvalue weighted by Gasteiger charge is -2.20. The second-order valence-electron chi connectivity index (χ2n) is 7.41. The zero-order valence-corrected chi connectivity index (χ0v) is 19.1. The topological polar surface area (TPSA) is 88.1 Å². The summed E-state index contributed by atoms with van der Waals surface area (Å²) in [7, 11) is 1.10. The van der Waals surface area contributed by atoms with Crippen LogP contribution in [0.3, 0.4) is 0 Å². The van der Waals surface area contributed by atoms with Crippen molar-refractivity contribution in [3.63, 3.8) is 0 Å². The Hall–Kier alpha value is -3.42. The van der Waals surface area contributed by atoms with Gasteiger partial charge < -0.3 is 24.8 Å². The monoisotopic (exact) mass is 486 g/mol. The molecule has 0 bridgehead atoms. The van der Waals surface area contributed by atoms with Crippen molar-refractivity contribution in [3.8, 4) is 17.2 Å². The molecule has 0 unspecified atom stereocenters. The highest BCUT2D eigenvalue weighted by molar-refractivity contribution is 6.39. The number of amides is 1. The average molecular weight is 487 g/mol. The molecule has 0 aromatic heterocycles. The van der Waals surface area contributed by atoms with Crippen molar-refractivity contribution in [2.24, 2.45) is 0 Å². The van der Waals surface area contributed by atoms with Crippen molar-refractivity contribution in [2.75, 3.05) is 23.9 Å². The Bertz CT molecular complexity index is 1210. The number of methoxy groups -OCH3 is 1. The molecule has 1 aliphatic heterocycles. The molecule has 0 spiro atoms. The fraction of sp³-hybridized carbons (Fsp3) is 0.167. The van der Waals surface area contributed by atoms with Gasteiger partial charge >= 0.3 is 11.9 Å². The normalized spacial score (nSPS) is 12.3. The first-order valence-corrected chi connectivity index (χ1v) is 10.8. The minimum Gasteiger partial charge on any atom is -0.508 e. The standard InChI is InChI=1S/C24H20Cl2N2O5/c1-32-24(31)23(30)27-16-11-18(25)22(19(26)12-16)33-17-6-7-21(29)15(10-17)13-28-9-8-14-4-2-3-5-20(14)28/h2-7,10-12,29H,8-9,13H2,1H3,(H,27,30). The quantitative estimate of drug-likeness (QED) is 0.382. The van der Waals surface area contributed by atoms with Crippen molar-refractivity contribution in [2.45, 2.75) is 13.0 Å². The van der Waals surface area contributed by atoms with Crippen LogP contribution in [0.1, 0.15) is 11.1 Å². The number of carbonyl (C=O) groups is 2. The van der Waals surface area contributed by atoms with Crippen LogP contribution < -0.4 is 15.0 Å². The van der Waals surface area contributed by atoms with Crippen LogP contribution in [0.15, 0.2) is 54.6 Å². The third kappa shape index (κ3) is 4.99. The van der Waals surface area contributed by atoms with Gasteiger partial charge in [-0.15, -0.1) is 0 Å². The van der Waals surface area contributed by atoms with Gasteiger partial charge in [-0.1, -0.05) is 41.4 Å². The number of phenols is 1. The smallest absolute Gasteiger partial charge is 0.396 e. The molecule has 1 amide bonds. The fourth-order valence-corrected chi connectivity index (χ4v) is 4.21. The number of nitrogens with zero attached hydrogens (tertiary/aromatic N) is 1. The first-order chi connectivity index (χ1) is 15.9. The van der Waals surface area contributed by atoms with Gasteiger partial charge in [0, 0.05) is 30.0 Å². The maximum atomic E-state index is 11.7. The number of fused-ring (bicyclic) bond motifs is 1. The van der Waals surface area contributed by atoms with Gasteiger partial charge in [0.2, 0.25) is 0 Å². The zero-order chi connectivity index (χ0) is 23.5. The summed E-state index contributed by atoms with van der Waals surface area (Å²) < 4.78 is 10.3. The van der Waals surface area contributed by atoms with Crippen LogP contribution in [0.25, 0.3) is 0 Å². The van der Waals surface area contributed by atoms with E-state index in [2.05, 4.69) is 27.1 Å². The maximum absolute atomic E-state index is 11.7. The van der Waals surface area contributed by atoms with E-state index >= 15 is 0 Å². The number of hydrogen-bond donors (Lipinski definition) is 2. The van der Waals surface area contributed by atoms with Crippen LogP contribution in [0.4, 0.5) is 11.4 Å². The van der Waals surface area contributed by atoms with Crippen LogP contribution in [-0.4, -0.2) is 30.6 Å². The highest BCUT2D eigenvalue weighted by Gasteiger charge is 2.21. The molecule has 1 heterocycles. The molecule has 33 heavy (non-hydrogen) atoms. The third-order valence-electron chi connectivity index (χ3n) is 5.24. The van der Waals surface area contributed by atoms with Crippen LogP contribution in [0.5, 0.6) is 17.2 Å². The molecule has 9 heteroatoms. The van der Waals surface area contributed by atoms with Gasteiger partial charge in [-0.05, 0) is 48.4 Å². The molecule has 0 atom stereocenters. The predicted molar refractivity (Wildman–Crippen MR) is 126 cm³/mol. The highest BCUT2D eigenvalue weighted by Crippen LogP contribution is 2.40. The van der Waals surface area contributed by atoms with Gasteiger partial charge in [0.1, 0.15) is 11.5 Å². The number of esters is 1. The Morgan fingerprint density at radius 3 is 2.55 bits per heavy atom. The molecule has 0 radical (unpaired) electrons. The number of nitrogens with one attached hydrogen (secondary N) is 1. The van der Waals surface area contributed by atoms with Crippen LogP contribution >= 0.6 is 23.2 Å².